The number of rotatable bonds is 6. The summed E-state index contributed by atoms with van der Waals surface area (Å²) >= 11 is 0. The van der Waals surface area contributed by atoms with Crippen LogP contribution in [0.5, 0.6) is 0 Å². The van der Waals surface area contributed by atoms with Crippen molar-refractivity contribution in [3.8, 4) is 11.3 Å². The number of aromatic nitrogens is 3. The molecule has 3 rings (SSSR count). The van der Waals surface area contributed by atoms with Crippen molar-refractivity contribution in [2.24, 2.45) is 7.05 Å². The first-order valence-electron chi connectivity index (χ1n) is 7.49. The highest BCUT2D eigenvalue weighted by molar-refractivity contribution is 5.93. The van der Waals surface area contributed by atoms with E-state index in [2.05, 4.69) is 15.5 Å². The van der Waals surface area contributed by atoms with E-state index >= 15 is 0 Å². The molecule has 1 N–H and O–H groups in total. The smallest absolute Gasteiger partial charge is 0.273 e. The molecule has 0 saturated heterocycles. The highest BCUT2D eigenvalue weighted by Gasteiger charge is 2.13. The van der Waals surface area contributed by atoms with Gasteiger partial charge in [0.05, 0.1) is 12.0 Å². The lowest BCUT2D eigenvalue weighted by Gasteiger charge is -2.01. The van der Waals surface area contributed by atoms with Crippen LogP contribution in [-0.4, -0.2) is 27.2 Å². The van der Waals surface area contributed by atoms with Gasteiger partial charge in [-0.1, -0.05) is 35.5 Å². The lowest BCUT2D eigenvalue weighted by Crippen LogP contribution is -2.25. The van der Waals surface area contributed by atoms with E-state index in [9.17, 15) is 4.79 Å². The summed E-state index contributed by atoms with van der Waals surface area (Å²) in [6.07, 6.45) is 5.40. The normalized spacial score (nSPS) is 10.7. The van der Waals surface area contributed by atoms with Crippen molar-refractivity contribution in [3.63, 3.8) is 0 Å². The van der Waals surface area contributed by atoms with E-state index in [1.165, 1.54) is 0 Å². The molecule has 23 heavy (non-hydrogen) atoms. The Labute approximate surface area is 134 Å². The minimum atomic E-state index is -0.225. The number of amides is 1. The van der Waals surface area contributed by atoms with Gasteiger partial charge in [-0.05, 0) is 12.8 Å². The third kappa shape index (κ3) is 3.85. The van der Waals surface area contributed by atoms with Crippen LogP contribution in [0.4, 0.5) is 0 Å². The number of nitrogens with one attached hydrogen (secondary N) is 1. The highest BCUT2D eigenvalue weighted by atomic mass is 16.5. The Morgan fingerprint density at radius 1 is 1.30 bits per heavy atom. The Morgan fingerprint density at radius 3 is 2.87 bits per heavy atom. The summed E-state index contributed by atoms with van der Waals surface area (Å²) in [5.41, 5.74) is 2.21. The number of aryl methyl sites for hydroxylation is 2. The molecular formula is C17H18N4O2. The zero-order valence-corrected chi connectivity index (χ0v) is 12.9. The number of carbonyl (C=O) groups is 1. The van der Waals surface area contributed by atoms with Crippen molar-refractivity contribution >= 4 is 5.91 Å². The zero-order valence-electron chi connectivity index (χ0n) is 12.9. The van der Waals surface area contributed by atoms with Gasteiger partial charge in [-0.15, -0.1) is 0 Å². The van der Waals surface area contributed by atoms with Crippen molar-refractivity contribution < 1.29 is 9.32 Å². The van der Waals surface area contributed by atoms with Crippen molar-refractivity contribution in [3.05, 3.63) is 60.3 Å². The van der Waals surface area contributed by atoms with Gasteiger partial charge in [0.15, 0.2) is 11.5 Å². The molecule has 0 atom stereocenters. The van der Waals surface area contributed by atoms with Gasteiger partial charge in [0.2, 0.25) is 0 Å². The van der Waals surface area contributed by atoms with Crippen LogP contribution in [-0.2, 0) is 13.5 Å². The Bertz CT molecular complexity index is 777. The van der Waals surface area contributed by atoms with E-state index in [0.29, 0.717) is 18.0 Å². The average molecular weight is 310 g/mol. The van der Waals surface area contributed by atoms with Crippen LogP contribution in [0.2, 0.25) is 0 Å². The fraction of sp³-hybridized carbons (Fsp3) is 0.235. The van der Waals surface area contributed by atoms with E-state index in [0.717, 1.165) is 24.1 Å². The van der Waals surface area contributed by atoms with Gasteiger partial charge in [-0.2, -0.15) is 0 Å². The summed E-state index contributed by atoms with van der Waals surface area (Å²) in [5, 5.41) is 6.67. The molecule has 0 aliphatic carbocycles. The van der Waals surface area contributed by atoms with Crippen molar-refractivity contribution in [2.45, 2.75) is 12.8 Å². The van der Waals surface area contributed by atoms with Crippen LogP contribution in [0.25, 0.3) is 11.3 Å². The molecule has 6 nitrogen and oxygen atoms in total. The van der Waals surface area contributed by atoms with Crippen molar-refractivity contribution in [2.75, 3.05) is 6.54 Å². The second-order valence-electron chi connectivity index (χ2n) is 5.33. The lowest BCUT2D eigenvalue weighted by atomic mass is 10.1. The second kappa shape index (κ2) is 6.91. The number of carbonyl (C=O) groups excluding carboxylic acids is 1. The van der Waals surface area contributed by atoms with Crippen LogP contribution in [0.1, 0.15) is 22.6 Å². The van der Waals surface area contributed by atoms with Gasteiger partial charge in [0.1, 0.15) is 0 Å². The number of imidazole rings is 1. The molecule has 1 aromatic carbocycles. The second-order valence-corrected chi connectivity index (χ2v) is 5.33. The van der Waals surface area contributed by atoms with Gasteiger partial charge in [-0.25, -0.2) is 4.98 Å². The molecule has 0 aliphatic heterocycles. The van der Waals surface area contributed by atoms with Crippen LogP contribution < -0.4 is 5.32 Å². The molecule has 0 spiro atoms. The minimum absolute atomic E-state index is 0.225. The molecule has 0 radical (unpaired) electrons. The predicted octanol–water partition coefficient (Wildman–Crippen LogP) is 2.44. The van der Waals surface area contributed by atoms with Crippen LogP contribution >= 0.6 is 0 Å². The first kappa shape index (κ1) is 15.0. The maximum Gasteiger partial charge on any atom is 0.273 e. The Morgan fingerprint density at radius 2 is 2.13 bits per heavy atom. The van der Waals surface area contributed by atoms with E-state index in [-0.39, 0.29) is 5.91 Å². The van der Waals surface area contributed by atoms with Crippen LogP contribution in [0, 0.1) is 0 Å². The minimum Gasteiger partial charge on any atom is -0.355 e. The van der Waals surface area contributed by atoms with E-state index in [1.807, 2.05) is 48.1 Å². The fourth-order valence-corrected chi connectivity index (χ4v) is 2.28. The molecular weight excluding hydrogens is 292 g/mol. The van der Waals surface area contributed by atoms with Gasteiger partial charge >= 0.3 is 0 Å². The van der Waals surface area contributed by atoms with Crippen LogP contribution in [0.15, 0.2) is 53.4 Å². The van der Waals surface area contributed by atoms with Crippen molar-refractivity contribution in [1.82, 2.24) is 20.0 Å². The molecule has 0 saturated carbocycles. The Hall–Kier alpha value is -2.89. The molecule has 6 heteroatoms. The Kier molecular flexibility index (Phi) is 4.52. The summed E-state index contributed by atoms with van der Waals surface area (Å²) in [6.45, 7) is 0.572. The van der Waals surface area contributed by atoms with E-state index in [4.69, 9.17) is 4.52 Å². The summed E-state index contributed by atoms with van der Waals surface area (Å²) in [5.74, 6) is 0.362. The number of hydrogen-bond acceptors (Lipinski definition) is 4. The van der Waals surface area contributed by atoms with Crippen LogP contribution in [0.3, 0.4) is 0 Å². The number of benzene rings is 1. The largest absolute Gasteiger partial charge is 0.355 e. The summed E-state index contributed by atoms with van der Waals surface area (Å²) < 4.78 is 7.14. The first-order chi connectivity index (χ1) is 11.2. The van der Waals surface area contributed by atoms with Gasteiger partial charge < -0.3 is 14.4 Å². The average Bonchev–Trinajstić information content (AvgIpc) is 3.21. The number of hydrogen-bond donors (Lipinski definition) is 1. The van der Waals surface area contributed by atoms with E-state index in [1.54, 1.807) is 12.4 Å². The highest BCUT2D eigenvalue weighted by Crippen LogP contribution is 2.19. The standard InChI is InChI=1S/C17H18N4O2/c1-21-11-14(19-12-21)8-5-9-18-17(22)15-10-16(23-20-15)13-6-3-2-4-7-13/h2-4,6-7,10-12H,5,8-9H2,1H3,(H,18,22). The van der Waals surface area contributed by atoms with Gasteiger partial charge in [0, 0.05) is 31.4 Å². The molecule has 2 heterocycles. The lowest BCUT2D eigenvalue weighted by molar-refractivity contribution is 0.0944. The summed E-state index contributed by atoms with van der Waals surface area (Å²) in [6, 6.07) is 11.2. The molecule has 3 aromatic rings. The third-order valence-electron chi connectivity index (χ3n) is 3.45. The quantitative estimate of drug-likeness (QED) is 0.710. The molecule has 0 aliphatic rings. The SMILES string of the molecule is Cn1cnc(CCCNC(=O)c2cc(-c3ccccc3)on2)c1. The Balaban J connectivity index is 1.50. The molecule has 118 valence electrons. The van der Waals surface area contributed by atoms with Gasteiger partial charge in [0.25, 0.3) is 5.91 Å². The summed E-state index contributed by atoms with van der Waals surface area (Å²) in [4.78, 5) is 16.3. The summed E-state index contributed by atoms with van der Waals surface area (Å²) in [7, 11) is 1.94. The molecule has 0 bridgehead atoms. The maximum absolute atomic E-state index is 12.1. The zero-order chi connectivity index (χ0) is 16.1. The topological polar surface area (TPSA) is 73.0 Å². The van der Waals surface area contributed by atoms with Gasteiger partial charge in [-0.3, -0.25) is 4.79 Å². The molecule has 0 fully saturated rings. The van der Waals surface area contributed by atoms with E-state index < -0.39 is 0 Å². The molecule has 1 amide bonds. The molecule has 0 unspecified atom stereocenters. The number of nitrogens with zero attached hydrogens (tertiary/aromatic N) is 3. The molecule has 2 aromatic heterocycles. The third-order valence-corrected chi connectivity index (χ3v) is 3.45. The predicted molar refractivity (Wildman–Crippen MR) is 85.8 cm³/mol. The first-order valence-corrected chi connectivity index (χ1v) is 7.49. The fourth-order valence-electron chi connectivity index (χ4n) is 2.28. The maximum atomic E-state index is 12.1. The van der Waals surface area contributed by atoms with Crippen molar-refractivity contribution in [1.29, 1.82) is 0 Å². The monoisotopic (exact) mass is 310 g/mol.